The van der Waals surface area contributed by atoms with Crippen LogP contribution in [0.3, 0.4) is 0 Å². The van der Waals surface area contributed by atoms with Gasteiger partial charge in [0.05, 0.1) is 29.4 Å². The molecule has 0 saturated carbocycles. The molecule has 0 amide bonds. The van der Waals surface area contributed by atoms with Crippen LogP contribution in [0.5, 0.6) is 0 Å². The summed E-state index contributed by atoms with van der Waals surface area (Å²) < 4.78 is 0. The normalized spacial score (nSPS) is 10.9. The Hall–Kier alpha value is -9.28. The van der Waals surface area contributed by atoms with Crippen LogP contribution in [0.4, 0.5) is 0 Å². The van der Waals surface area contributed by atoms with Crippen molar-refractivity contribution in [2.45, 2.75) is 45.4 Å². The topological polar surface area (TPSA) is 370 Å². The minimum atomic E-state index is -1.58. The van der Waals surface area contributed by atoms with Crippen molar-refractivity contribution < 1.29 is 54.3 Å². The van der Waals surface area contributed by atoms with Crippen molar-refractivity contribution in [1.82, 2.24) is 61.2 Å². The van der Waals surface area contributed by atoms with Gasteiger partial charge >= 0.3 is 5.97 Å². The number of aromatic nitrogens is 12. The first-order valence-corrected chi connectivity index (χ1v) is 19.3. The third-order valence-electron chi connectivity index (χ3n) is 9.55. The molecule has 66 heavy (non-hydrogen) atoms. The Morgan fingerprint density at radius 3 is 0.758 bits per heavy atom. The van der Waals surface area contributed by atoms with Crippen LogP contribution in [0.2, 0.25) is 0 Å². The molecule has 23 nitrogen and oxygen atoms in total. The van der Waals surface area contributed by atoms with Crippen molar-refractivity contribution in [3.63, 3.8) is 0 Å². The fourth-order valence-electron chi connectivity index (χ4n) is 6.66. The van der Waals surface area contributed by atoms with Crippen molar-refractivity contribution in [1.29, 1.82) is 0 Å². The zero-order valence-electron chi connectivity index (χ0n) is 34.1. The number of hydrogen-bond donors (Lipinski definition) is 1. The fourth-order valence-corrected chi connectivity index (χ4v) is 6.66. The SMILES string of the molecule is CC(=O)c1cc(Cc2nnc(Cc3cc(Cc4nnc(Cc5cc(C(=O)[O-])cc(C(=O)[O-])c5)nn4)cc(Cc4nnc(Cc5cc(C(=O)[O-])cc(C(=O)O)c5)nn4)c3)nn2)cc(C(=O)[O-])c1. The van der Waals surface area contributed by atoms with E-state index < -0.39 is 29.8 Å². The first-order valence-electron chi connectivity index (χ1n) is 19.3. The lowest BCUT2D eigenvalue weighted by Crippen LogP contribution is -2.26. The second-order valence-corrected chi connectivity index (χ2v) is 14.7. The lowest BCUT2D eigenvalue weighted by atomic mass is 9.99. The van der Waals surface area contributed by atoms with Gasteiger partial charge in [0.2, 0.25) is 0 Å². The molecule has 330 valence electrons. The van der Waals surface area contributed by atoms with Crippen molar-refractivity contribution >= 4 is 35.6 Å². The van der Waals surface area contributed by atoms with Crippen LogP contribution in [0.25, 0.3) is 0 Å². The minimum Gasteiger partial charge on any atom is -0.545 e. The van der Waals surface area contributed by atoms with E-state index in [1.807, 2.05) is 12.1 Å². The monoisotopic (exact) mass is 888 g/mol. The van der Waals surface area contributed by atoms with E-state index in [2.05, 4.69) is 61.2 Å². The number of hydrogen-bond acceptors (Lipinski definition) is 22. The van der Waals surface area contributed by atoms with Crippen LogP contribution in [0.15, 0.2) is 72.8 Å². The predicted molar refractivity (Wildman–Crippen MR) is 210 cm³/mol. The number of rotatable bonds is 18. The first kappa shape index (κ1) is 44.8. The summed E-state index contributed by atoms with van der Waals surface area (Å²) in [6.07, 6.45) is 0.143. The molecule has 0 saturated heterocycles. The van der Waals surface area contributed by atoms with Crippen LogP contribution in [0.1, 0.15) is 137 Å². The molecule has 3 heterocycles. The van der Waals surface area contributed by atoms with Gasteiger partial charge in [-0.15, -0.1) is 61.2 Å². The number of carboxylic acids is 5. The summed E-state index contributed by atoms with van der Waals surface area (Å²) in [7, 11) is 0. The Morgan fingerprint density at radius 2 is 0.530 bits per heavy atom. The minimum absolute atomic E-state index is 0.0195. The van der Waals surface area contributed by atoms with Crippen LogP contribution < -0.4 is 20.4 Å². The Labute approximate surface area is 370 Å². The van der Waals surface area contributed by atoms with Gasteiger partial charge in [0, 0.05) is 44.1 Å². The summed E-state index contributed by atoms with van der Waals surface area (Å²) in [5.41, 5.74) is 1.59. The van der Waals surface area contributed by atoms with Crippen LogP contribution in [0, 0.1) is 0 Å². The Morgan fingerprint density at radius 1 is 0.333 bits per heavy atom. The highest BCUT2D eigenvalue weighted by Crippen LogP contribution is 2.19. The Bertz CT molecular complexity index is 2630. The number of carbonyl (C=O) groups is 6. The van der Waals surface area contributed by atoms with Gasteiger partial charge in [-0.3, -0.25) is 4.79 Å². The van der Waals surface area contributed by atoms with Crippen molar-refractivity contribution in [2.75, 3.05) is 0 Å². The molecule has 3 aromatic heterocycles. The van der Waals surface area contributed by atoms with E-state index in [-0.39, 0.29) is 124 Å². The molecule has 0 unspecified atom stereocenters. The van der Waals surface area contributed by atoms with E-state index in [4.69, 9.17) is 0 Å². The average Bonchev–Trinajstić information content (AvgIpc) is 3.28. The van der Waals surface area contributed by atoms with E-state index >= 15 is 0 Å². The maximum Gasteiger partial charge on any atom is 0.335 e. The largest absolute Gasteiger partial charge is 0.545 e. The molecule has 0 fully saturated rings. The summed E-state index contributed by atoms with van der Waals surface area (Å²) >= 11 is 0. The van der Waals surface area contributed by atoms with E-state index in [1.54, 1.807) is 6.07 Å². The van der Waals surface area contributed by atoms with Gasteiger partial charge in [0.1, 0.15) is 0 Å². The lowest BCUT2D eigenvalue weighted by Gasteiger charge is -2.11. The molecule has 0 spiro atoms. The molecule has 4 aromatic carbocycles. The highest BCUT2D eigenvalue weighted by molar-refractivity contribution is 5.97. The van der Waals surface area contributed by atoms with Gasteiger partial charge in [0.25, 0.3) is 0 Å². The number of Topliss-reactive ketones (excluding diaryl/α,β-unsaturated/α-hetero) is 1. The second kappa shape index (κ2) is 19.4. The number of carbonyl (C=O) groups excluding carboxylic acids is 5. The van der Waals surface area contributed by atoms with Gasteiger partial charge < -0.3 is 44.7 Å². The maximum absolute atomic E-state index is 12.0. The molecule has 0 bridgehead atoms. The smallest absolute Gasteiger partial charge is 0.335 e. The summed E-state index contributed by atoms with van der Waals surface area (Å²) in [5, 5.41) is 105. The van der Waals surface area contributed by atoms with Crippen molar-refractivity contribution in [3.05, 3.63) is 175 Å². The molecular weight excluding hydrogens is 861 g/mol. The highest BCUT2D eigenvalue weighted by atomic mass is 16.4. The zero-order valence-corrected chi connectivity index (χ0v) is 34.1. The van der Waals surface area contributed by atoms with Gasteiger partial charge in [0.15, 0.2) is 40.7 Å². The third-order valence-corrected chi connectivity index (χ3v) is 9.55. The number of benzene rings is 4. The van der Waals surface area contributed by atoms with Gasteiger partial charge in [-0.2, -0.15) is 0 Å². The number of ketones is 1. The highest BCUT2D eigenvalue weighted by Gasteiger charge is 2.15. The lowest BCUT2D eigenvalue weighted by molar-refractivity contribution is -0.256. The van der Waals surface area contributed by atoms with Crippen LogP contribution in [-0.4, -0.2) is 102 Å². The number of aromatic carboxylic acids is 5. The van der Waals surface area contributed by atoms with Crippen LogP contribution in [-0.2, 0) is 38.5 Å². The molecular formula is C43H28N12O11-4. The quantitative estimate of drug-likeness (QED) is 0.0858. The Balaban J connectivity index is 1.12. The zero-order chi connectivity index (χ0) is 47.1. The molecule has 0 radical (unpaired) electrons. The second-order valence-electron chi connectivity index (χ2n) is 14.7. The molecule has 7 rings (SSSR count). The van der Waals surface area contributed by atoms with Gasteiger partial charge in [-0.1, -0.05) is 18.2 Å². The van der Waals surface area contributed by atoms with Gasteiger partial charge in [-0.25, -0.2) is 4.79 Å². The standard InChI is InChI=1S/C43H32N12O11/c1-20(56)27-5-24(6-28(17-27)39(57)58)14-36-50-44-33(45-51-36)11-21-2-22(12-34-46-52-37(53-47-34)15-25-7-29(40(59)60)18-30(8-25)41(61)62)4-23(3-21)13-35-48-54-38(55-49-35)16-26-9-31(42(63)64)19-32(10-26)43(65)66/h2-10,17-19H,11-16H2,1H3,(H,57,58)(H,59,60)(H,61,62)(H,63,64)(H,65,66)/p-4. The molecule has 23 heteroatoms. The molecule has 0 aliphatic heterocycles. The summed E-state index contributed by atoms with van der Waals surface area (Å²) in [5.74, 6) is -6.98. The molecule has 1 N–H and O–H groups in total. The van der Waals surface area contributed by atoms with E-state index in [0.29, 0.717) is 22.3 Å². The Kier molecular flexibility index (Phi) is 13.2. The fraction of sp³-hybridized carbons (Fsp3) is 0.163. The number of nitrogens with zero attached hydrogens (tertiary/aromatic N) is 12. The first-order chi connectivity index (χ1) is 31.5. The van der Waals surface area contributed by atoms with E-state index in [0.717, 1.165) is 12.1 Å². The van der Waals surface area contributed by atoms with E-state index in [1.165, 1.54) is 49.4 Å². The van der Waals surface area contributed by atoms with E-state index in [9.17, 15) is 54.3 Å². The molecule has 7 aromatic rings. The summed E-state index contributed by atoms with van der Waals surface area (Å²) in [6.45, 7) is 1.30. The summed E-state index contributed by atoms with van der Waals surface area (Å²) in [6, 6.07) is 16.4. The average molecular weight is 889 g/mol. The molecule has 0 atom stereocenters. The van der Waals surface area contributed by atoms with Crippen molar-refractivity contribution in [2.24, 2.45) is 0 Å². The molecule has 0 aliphatic rings. The predicted octanol–water partition coefficient (Wildman–Crippen LogP) is -2.67. The maximum atomic E-state index is 12.0. The van der Waals surface area contributed by atoms with Crippen LogP contribution >= 0.6 is 0 Å². The molecule has 0 aliphatic carbocycles. The third kappa shape index (κ3) is 11.6. The van der Waals surface area contributed by atoms with Crippen molar-refractivity contribution in [3.8, 4) is 0 Å². The number of carboxylic acid groups (broad SMARTS) is 5. The van der Waals surface area contributed by atoms with Gasteiger partial charge in [-0.05, 0) is 117 Å². The summed E-state index contributed by atoms with van der Waals surface area (Å²) in [4.78, 5) is 69.4.